The summed E-state index contributed by atoms with van der Waals surface area (Å²) in [5.41, 5.74) is 12.7. The normalized spacial score (nSPS) is 21.8. The third-order valence-electron chi connectivity index (χ3n) is 9.25. The standard InChI is InChI=1S/C38H43ClN2/c1-25(2)29-16-18-30(19-17-29)33-20-22-38(8)24-41(23-21-36(38)37(33,6)7)28(5)32-13-10-9-12-31(32)27(4)40-35-15-11-14-34(39)26(35)3/h9-10,12-13,15-21,40H,1,4-5,11,14,22-24H2,2-3,6-8H3/t38-/m1/s1. The molecular weight excluding hydrogens is 520 g/mol. The molecule has 0 fully saturated rings. The Morgan fingerprint density at radius 3 is 2.29 bits per heavy atom. The highest BCUT2D eigenvalue weighted by Gasteiger charge is 2.46. The van der Waals surface area contributed by atoms with E-state index in [1.165, 1.54) is 22.3 Å². The second-order valence-corrected chi connectivity index (χ2v) is 13.1. The Bertz CT molecular complexity index is 1540. The maximum absolute atomic E-state index is 6.46. The van der Waals surface area contributed by atoms with Gasteiger partial charge in [0.05, 0.1) is 0 Å². The minimum atomic E-state index is -0.0539. The van der Waals surface area contributed by atoms with E-state index in [4.69, 9.17) is 11.6 Å². The van der Waals surface area contributed by atoms with Crippen molar-refractivity contribution in [2.24, 2.45) is 10.8 Å². The van der Waals surface area contributed by atoms with Gasteiger partial charge in [-0.1, -0.05) is 130 Å². The zero-order valence-electron chi connectivity index (χ0n) is 25.3. The predicted octanol–water partition coefficient (Wildman–Crippen LogP) is 10.2. The Labute approximate surface area is 252 Å². The summed E-state index contributed by atoms with van der Waals surface area (Å²) in [6.07, 6.45) is 9.98. The Hall–Kier alpha value is -3.49. The van der Waals surface area contributed by atoms with Crippen molar-refractivity contribution in [2.45, 2.75) is 53.9 Å². The number of allylic oxidation sites excluding steroid dienone is 6. The van der Waals surface area contributed by atoms with Crippen molar-refractivity contribution in [1.29, 1.82) is 0 Å². The van der Waals surface area contributed by atoms with E-state index in [2.05, 4.69) is 131 Å². The van der Waals surface area contributed by atoms with Crippen molar-refractivity contribution in [1.82, 2.24) is 10.2 Å². The van der Waals surface area contributed by atoms with E-state index in [9.17, 15) is 0 Å². The first-order valence-corrected chi connectivity index (χ1v) is 15.0. The Morgan fingerprint density at radius 1 is 0.927 bits per heavy atom. The lowest BCUT2D eigenvalue weighted by atomic mass is 9.58. The SMILES string of the molecule is C=C(C)c1ccc(C2=CC[C@]3(C)CN(C(=C)c4ccccc4C(=C)NC4=CCCC(Cl)=C4C)CC=C3C2(C)C)cc1. The van der Waals surface area contributed by atoms with Crippen LogP contribution in [-0.4, -0.2) is 18.0 Å². The molecule has 0 spiro atoms. The fourth-order valence-corrected chi connectivity index (χ4v) is 7.13. The third kappa shape index (κ3) is 5.43. The molecule has 3 aliphatic rings. The number of fused-ring (bicyclic) bond motifs is 1. The summed E-state index contributed by atoms with van der Waals surface area (Å²) in [4.78, 5) is 2.44. The van der Waals surface area contributed by atoms with Crippen LogP contribution in [-0.2, 0) is 0 Å². The molecule has 0 amide bonds. The molecule has 2 aliphatic carbocycles. The van der Waals surface area contributed by atoms with Gasteiger partial charge >= 0.3 is 0 Å². The molecule has 2 nitrogen and oxygen atoms in total. The molecule has 0 aromatic heterocycles. The fourth-order valence-electron chi connectivity index (χ4n) is 6.92. The zero-order chi connectivity index (χ0) is 29.5. The van der Waals surface area contributed by atoms with E-state index in [1.807, 2.05) is 0 Å². The van der Waals surface area contributed by atoms with Gasteiger partial charge in [-0.25, -0.2) is 0 Å². The maximum atomic E-state index is 6.46. The highest BCUT2D eigenvalue weighted by Crippen LogP contribution is 2.55. The monoisotopic (exact) mass is 562 g/mol. The second kappa shape index (κ2) is 11.1. The molecule has 0 radical (unpaired) electrons. The van der Waals surface area contributed by atoms with Crippen LogP contribution in [0.25, 0.3) is 22.5 Å². The number of hydrogen-bond donors (Lipinski definition) is 1. The molecule has 41 heavy (non-hydrogen) atoms. The average Bonchev–Trinajstić information content (AvgIpc) is 2.94. The van der Waals surface area contributed by atoms with Crippen molar-refractivity contribution < 1.29 is 0 Å². The topological polar surface area (TPSA) is 15.3 Å². The number of hydrogen-bond acceptors (Lipinski definition) is 2. The molecule has 0 unspecified atom stereocenters. The van der Waals surface area contributed by atoms with Crippen LogP contribution in [0.5, 0.6) is 0 Å². The Kier molecular flexibility index (Phi) is 7.83. The van der Waals surface area contributed by atoms with Crippen molar-refractivity contribution in [3.05, 3.63) is 131 Å². The lowest BCUT2D eigenvalue weighted by Gasteiger charge is -2.51. The van der Waals surface area contributed by atoms with Crippen LogP contribution >= 0.6 is 11.6 Å². The lowest BCUT2D eigenvalue weighted by Crippen LogP contribution is -2.46. The average molecular weight is 563 g/mol. The molecule has 3 heteroatoms. The van der Waals surface area contributed by atoms with E-state index in [-0.39, 0.29) is 10.8 Å². The molecule has 0 bridgehead atoms. The highest BCUT2D eigenvalue weighted by atomic mass is 35.5. The van der Waals surface area contributed by atoms with Gasteiger partial charge in [0.2, 0.25) is 0 Å². The summed E-state index contributed by atoms with van der Waals surface area (Å²) < 4.78 is 0. The van der Waals surface area contributed by atoms with Crippen LogP contribution in [0.2, 0.25) is 0 Å². The van der Waals surface area contributed by atoms with Crippen molar-refractivity contribution in [2.75, 3.05) is 13.1 Å². The van der Waals surface area contributed by atoms with Gasteiger partial charge in [-0.3, -0.25) is 0 Å². The third-order valence-corrected chi connectivity index (χ3v) is 9.72. The predicted molar refractivity (Wildman–Crippen MR) is 179 cm³/mol. The highest BCUT2D eigenvalue weighted by molar-refractivity contribution is 6.30. The van der Waals surface area contributed by atoms with Crippen LogP contribution < -0.4 is 5.32 Å². The van der Waals surface area contributed by atoms with E-state index >= 15 is 0 Å². The van der Waals surface area contributed by atoms with Crippen LogP contribution in [0.15, 0.2) is 108 Å². The molecular formula is C38H43ClN2. The van der Waals surface area contributed by atoms with Gasteiger partial charge in [-0.15, -0.1) is 0 Å². The lowest BCUT2D eigenvalue weighted by molar-refractivity contribution is 0.219. The quantitative estimate of drug-likeness (QED) is 0.338. The minimum Gasteiger partial charge on any atom is -0.367 e. The van der Waals surface area contributed by atoms with Crippen molar-refractivity contribution in [3.63, 3.8) is 0 Å². The molecule has 212 valence electrons. The molecule has 5 rings (SSSR count). The molecule has 1 aliphatic heterocycles. The van der Waals surface area contributed by atoms with E-state index in [1.54, 1.807) is 0 Å². The van der Waals surface area contributed by atoms with Gasteiger partial charge in [-0.2, -0.15) is 0 Å². The first-order chi connectivity index (χ1) is 19.4. The molecule has 2 aromatic rings. The fraction of sp³-hybridized carbons (Fsp3) is 0.316. The number of nitrogens with zero attached hydrogens (tertiary/aromatic N) is 1. The molecule has 0 saturated heterocycles. The largest absolute Gasteiger partial charge is 0.367 e. The summed E-state index contributed by atoms with van der Waals surface area (Å²) in [6.45, 7) is 26.2. The smallest absolute Gasteiger partial charge is 0.0391 e. The van der Waals surface area contributed by atoms with Gasteiger partial charge < -0.3 is 10.2 Å². The summed E-state index contributed by atoms with van der Waals surface area (Å²) >= 11 is 6.46. The Morgan fingerprint density at radius 2 is 1.61 bits per heavy atom. The zero-order valence-corrected chi connectivity index (χ0v) is 26.1. The van der Waals surface area contributed by atoms with Gasteiger partial charge in [-0.05, 0) is 55.4 Å². The van der Waals surface area contributed by atoms with Crippen LogP contribution in [0.1, 0.15) is 76.1 Å². The first-order valence-electron chi connectivity index (χ1n) is 14.7. The number of nitrogens with one attached hydrogen (secondary N) is 1. The van der Waals surface area contributed by atoms with Crippen molar-refractivity contribution >= 4 is 34.1 Å². The first kappa shape index (κ1) is 29.0. The van der Waals surface area contributed by atoms with Gasteiger partial charge in [0.15, 0.2) is 0 Å². The van der Waals surface area contributed by atoms with Gasteiger partial charge in [0, 0.05) is 57.2 Å². The summed E-state index contributed by atoms with van der Waals surface area (Å²) in [5, 5.41) is 4.46. The number of rotatable bonds is 7. The summed E-state index contributed by atoms with van der Waals surface area (Å²) in [7, 11) is 0. The number of halogens is 1. The molecule has 1 atom stereocenters. The minimum absolute atomic E-state index is 0.0294. The second-order valence-electron chi connectivity index (χ2n) is 12.6. The van der Waals surface area contributed by atoms with Crippen LogP contribution in [0.3, 0.4) is 0 Å². The molecule has 1 N–H and O–H groups in total. The van der Waals surface area contributed by atoms with E-state index in [0.717, 1.165) is 76.7 Å². The van der Waals surface area contributed by atoms with Gasteiger partial charge in [0.25, 0.3) is 0 Å². The van der Waals surface area contributed by atoms with Crippen LogP contribution in [0, 0.1) is 10.8 Å². The molecule has 2 aromatic carbocycles. The Balaban J connectivity index is 1.38. The number of benzene rings is 2. The summed E-state index contributed by atoms with van der Waals surface area (Å²) in [5.74, 6) is 0. The molecule has 0 saturated carbocycles. The van der Waals surface area contributed by atoms with E-state index in [0.29, 0.717) is 0 Å². The molecule has 1 heterocycles. The maximum Gasteiger partial charge on any atom is 0.0391 e. The van der Waals surface area contributed by atoms with Crippen LogP contribution in [0.4, 0.5) is 0 Å². The summed E-state index contributed by atoms with van der Waals surface area (Å²) in [6, 6.07) is 17.3. The van der Waals surface area contributed by atoms with Crippen molar-refractivity contribution in [3.8, 4) is 0 Å². The van der Waals surface area contributed by atoms with E-state index < -0.39 is 0 Å². The van der Waals surface area contributed by atoms with Gasteiger partial charge in [0.1, 0.15) is 0 Å².